The summed E-state index contributed by atoms with van der Waals surface area (Å²) in [4.78, 5) is 39.7. The molecule has 1 saturated heterocycles. The number of carboxylic acid groups (broad SMARTS) is 1. The molecule has 1 aliphatic rings. The van der Waals surface area contributed by atoms with Crippen LogP contribution in [0.2, 0.25) is 0 Å². The minimum absolute atomic E-state index is 0.173. The van der Waals surface area contributed by atoms with Gasteiger partial charge in [0, 0.05) is 0 Å². The van der Waals surface area contributed by atoms with Gasteiger partial charge in [0.25, 0.3) is 5.91 Å². The van der Waals surface area contributed by atoms with Gasteiger partial charge >= 0.3 is 11.9 Å². The van der Waals surface area contributed by atoms with Gasteiger partial charge in [-0.2, -0.15) is 0 Å². The van der Waals surface area contributed by atoms with E-state index in [9.17, 15) is 14.4 Å². The number of anilines is 1. The van der Waals surface area contributed by atoms with Gasteiger partial charge in [0.2, 0.25) is 0 Å². The Labute approximate surface area is 237 Å². The molecule has 1 aliphatic heterocycles. The molecule has 1 heterocycles. The van der Waals surface area contributed by atoms with E-state index in [-0.39, 0.29) is 35.4 Å². The number of benzene rings is 3. The van der Waals surface area contributed by atoms with Crippen molar-refractivity contribution in [2.75, 3.05) is 25.7 Å². The number of hydrogen-bond donors (Lipinski definition) is 1. The Kier molecular flexibility index (Phi) is 8.80. The summed E-state index contributed by atoms with van der Waals surface area (Å²) in [5.41, 5.74) is 3.54. The van der Waals surface area contributed by atoms with Gasteiger partial charge in [-0.15, -0.1) is 0 Å². The number of amides is 1. The third-order valence-electron chi connectivity index (χ3n) is 6.34. The first-order chi connectivity index (χ1) is 19.2. The number of thiocarbonyl (C=S) groups is 1. The molecular weight excluding hydrogens is 532 g/mol. The van der Waals surface area contributed by atoms with Crippen molar-refractivity contribution in [3.63, 3.8) is 0 Å². The van der Waals surface area contributed by atoms with E-state index in [1.165, 1.54) is 36.2 Å². The van der Waals surface area contributed by atoms with E-state index in [0.29, 0.717) is 22.7 Å². The molecule has 4 rings (SSSR count). The van der Waals surface area contributed by atoms with E-state index in [2.05, 4.69) is 0 Å². The van der Waals surface area contributed by atoms with Crippen LogP contribution >= 0.6 is 12.2 Å². The molecule has 1 N–H and O–H groups in total. The summed E-state index contributed by atoms with van der Waals surface area (Å²) in [6.07, 6.45) is 2.49. The lowest BCUT2D eigenvalue weighted by Crippen LogP contribution is -2.35. The lowest BCUT2D eigenvalue weighted by molar-refractivity contribution is -0.140. The molecule has 0 unspecified atom stereocenters. The van der Waals surface area contributed by atoms with Crippen molar-refractivity contribution in [3.05, 3.63) is 94.7 Å². The topological polar surface area (TPSA) is 106 Å². The lowest BCUT2D eigenvalue weighted by atomic mass is 10.1. The van der Waals surface area contributed by atoms with Crippen molar-refractivity contribution in [1.29, 1.82) is 0 Å². The molecule has 40 heavy (non-hydrogen) atoms. The predicted octanol–water partition coefficient (Wildman–Crippen LogP) is 4.68. The fraction of sp³-hybridized carbons (Fsp3) is 0.200. The molecule has 0 saturated carbocycles. The zero-order chi connectivity index (χ0) is 28.8. The van der Waals surface area contributed by atoms with Gasteiger partial charge in [-0.25, -0.2) is 4.79 Å². The van der Waals surface area contributed by atoms with Crippen LogP contribution in [-0.4, -0.2) is 53.7 Å². The second-order valence-electron chi connectivity index (χ2n) is 8.84. The smallest absolute Gasteiger partial charge is 0.335 e. The number of carbonyl (C=O) groups is 3. The summed E-state index contributed by atoms with van der Waals surface area (Å²) in [5.74, 6) is -1.02. The second-order valence-corrected chi connectivity index (χ2v) is 9.20. The molecule has 3 aromatic carbocycles. The molecule has 9 nitrogen and oxygen atoms in total. The van der Waals surface area contributed by atoms with Crippen LogP contribution in [-0.2, 0) is 27.4 Å². The minimum atomic E-state index is -0.997. The lowest BCUT2D eigenvalue weighted by Gasteiger charge is -2.19. The molecule has 0 radical (unpaired) electrons. The number of hydrogen-bond acceptors (Lipinski definition) is 7. The van der Waals surface area contributed by atoms with Crippen molar-refractivity contribution < 1.29 is 33.7 Å². The number of carbonyl (C=O) groups excluding carboxylic acids is 2. The van der Waals surface area contributed by atoms with Gasteiger partial charge in [0.1, 0.15) is 18.8 Å². The maximum atomic E-state index is 13.6. The van der Waals surface area contributed by atoms with Crippen LogP contribution < -0.4 is 14.4 Å². The molecular formula is C30H28N2O7S. The van der Waals surface area contributed by atoms with Crippen LogP contribution in [0, 0.1) is 0 Å². The molecule has 1 fully saturated rings. The largest absolute Gasteiger partial charge is 0.493 e. The molecule has 1 amide bonds. The maximum absolute atomic E-state index is 13.6. The van der Waals surface area contributed by atoms with Gasteiger partial charge < -0.3 is 24.2 Å². The Morgan fingerprint density at radius 3 is 2.23 bits per heavy atom. The summed E-state index contributed by atoms with van der Waals surface area (Å²) in [7, 11) is 2.78. The van der Waals surface area contributed by atoms with E-state index in [4.69, 9.17) is 31.5 Å². The van der Waals surface area contributed by atoms with E-state index in [1.54, 1.807) is 36.4 Å². The number of carboxylic acids is 1. The Morgan fingerprint density at radius 1 is 0.950 bits per heavy atom. The van der Waals surface area contributed by atoms with Crippen molar-refractivity contribution in [2.45, 2.75) is 20.0 Å². The Hall–Kier alpha value is -4.70. The number of ether oxygens (including phenoxy) is 3. The summed E-state index contributed by atoms with van der Waals surface area (Å²) < 4.78 is 16.3. The number of aromatic carboxylic acids is 1. The summed E-state index contributed by atoms with van der Waals surface area (Å²) in [5, 5.41) is 9.24. The van der Waals surface area contributed by atoms with E-state index < -0.39 is 11.9 Å². The van der Waals surface area contributed by atoms with Gasteiger partial charge in [-0.05, 0) is 77.8 Å². The third kappa shape index (κ3) is 6.13. The Bertz CT molecular complexity index is 1470. The SMILES string of the molecule is CCc1ccc(N2C(=O)/C(=C/c3ccc(OCc4ccc(C(=O)O)cc4)c(OC)c3)N(CC(=O)OC)C2=S)cc1. The van der Waals surface area contributed by atoms with Crippen LogP contribution in [0.1, 0.15) is 34.0 Å². The zero-order valence-corrected chi connectivity index (χ0v) is 23.1. The monoisotopic (exact) mass is 560 g/mol. The van der Waals surface area contributed by atoms with Gasteiger partial charge in [0.15, 0.2) is 16.6 Å². The number of aryl methyl sites for hydroxylation is 1. The zero-order valence-electron chi connectivity index (χ0n) is 22.2. The normalized spacial score (nSPS) is 14.0. The summed E-state index contributed by atoms with van der Waals surface area (Å²) in [6.45, 7) is 2.01. The van der Waals surface area contributed by atoms with Crippen LogP contribution in [0.4, 0.5) is 5.69 Å². The van der Waals surface area contributed by atoms with E-state index in [0.717, 1.165) is 17.5 Å². The standard InChI is InChI=1S/C30H28N2O7S/c1-4-19-7-12-23(13-8-19)32-28(34)24(31(30(32)40)17-27(33)38-3)15-21-9-14-25(26(16-21)37-2)39-18-20-5-10-22(11-6-20)29(35)36/h5-16H,4,17-18H2,1-3H3,(H,35,36)/b24-15-. The first kappa shape index (κ1) is 28.3. The first-order valence-corrected chi connectivity index (χ1v) is 12.8. The quantitative estimate of drug-likeness (QED) is 0.215. The molecule has 206 valence electrons. The first-order valence-electron chi connectivity index (χ1n) is 12.4. The van der Waals surface area contributed by atoms with Gasteiger partial charge in [-0.3, -0.25) is 14.5 Å². The number of rotatable bonds is 10. The number of esters is 1. The van der Waals surface area contributed by atoms with Crippen molar-refractivity contribution in [1.82, 2.24) is 4.90 Å². The maximum Gasteiger partial charge on any atom is 0.335 e. The number of methoxy groups -OCH3 is 2. The van der Waals surface area contributed by atoms with Crippen molar-refractivity contribution >= 4 is 46.9 Å². The van der Waals surface area contributed by atoms with Gasteiger partial charge in [0.05, 0.1) is 25.5 Å². The fourth-order valence-electron chi connectivity index (χ4n) is 4.09. The fourth-order valence-corrected chi connectivity index (χ4v) is 4.44. The molecule has 10 heteroatoms. The highest BCUT2D eigenvalue weighted by molar-refractivity contribution is 7.80. The average molecular weight is 561 g/mol. The highest BCUT2D eigenvalue weighted by Crippen LogP contribution is 2.33. The summed E-state index contributed by atoms with van der Waals surface area (Å²) in [6, 6.07) is 19.1. The van der Waals surface area contributed by atoms with Crippen LogP contribution in [0.25, 0.3) is 6.08 Å². The molecule has 0 spiro atoms. The van der Waals surface area contributed by atoms with Crippen LogP contribution in [0.3, 0.4) is 0 Å². The third-order valence-corrected chi connectivity index (χ3v) is 6.74. The number of nitrogens with zero attached hydrogens (tertiary/aromatic N) is 2. The van der Waals surface area contributed by atoms with Gasteiger partial charge in [-0.1, -0.05) is 37.3 Å². The molecule has 3 aromatic rings. The van der Waals surface area contributed by atoms with Crippen molar-refractivity contribution in [3.8, 4) is 11.5 Å². The Morgan fingerprint density at radius 2 is 1.62 bits per heavy atom. The highest BCUT2D eigenvalue weighted by atomic mass is 32.1. The molecule has 0 bridgehead atoms. The summed E-state index contributed by atoms with van der Waals surface area (Å²) >= 11 is 5.62. The predicted molar refractivity (Wildman–Crippen MR) is 153 cm³/mol. The highest BCUT2D eigenvalue weighted by Gasteiger charge is 2.40. The minimum Gasteiger partial charge on any atom is -0.493 e. The van der Waals surface area contributed by atoms with Crippen molar-refractivity contribution in [2.24, 2.45) is 0 Å². The molecule has 0 atom stereocenters. The molecule has 0 aromatic heterocycles. The Balaban J connectivity index is 1.61. The van der Waals surface area contributed by atoms with Crippen LogP contribution in [0.5, 0.6) is 11.5 Å². The van der Waals surface area contributed by atoms with E-state index >= 15 is 0 Å². The average Bonchev–Trinajstić information content (AvgIpc) is 3.20. The second kappa shape index (κ2) is 12.4. The van der Waals surface area contributed by atoms with Crippen LogP contribution in [0.15, 0.2) is 72.4 Å². The van der Waals surface area contributed by atoms with E-state index in [1.807, 2.05) is 31.2 Å². The molecule has 0 aliphatic carbocycles.